The van der Waals surface area contributed by atoms with Gasteiger partial charge in [-0.3, -0.25) is 15.2 Å². The molecule has 1 N–H and O–H groups in total. The van der Waals surface area contributed by atoms with E-state index in [0.29, 0.717) is 18.7 Å². The summed E-state index contributed by atoms with van der Waals surface area (Å²) in [7, 11) is 1.80. The van der Waals surface area contributed by atoms with Gasteiger partial charge in [0.2, 0.25) is 5.91 Å². The Kier molecular flexibility index (Phi) is 4.46. The molecule has 26 heavy (non-hydrogen) atoms. The van der Waals surface area contributed by atoms with E-state index < -0.39 is 0 Å². The van der Waals surface area contributed by atoms with Crippen molar-refractivity contribution in [3.63, 3.8) is 0 Å². The molecule has 0 radical (unpaired) electrons. The number of carbonyl (C=O) groups excluding carboxylic acids is 1. The van der Waals surface area contributed by atoms with Gasteiger partial charge in [-0.2, -0.15) is 5.10 Å². The van der Waals surface area contributed by atoms with Crippen molar-refractivity contribution in [1.82, 2.24) is 5.43 Å². The quantitative estimate of drug-likeness (QED) is 0.906. The second-order valence-corrected chi connectivity index (χ2v) is 7.14. The molecule has 2 aromatic rings. The number of hydrazone groups is 1. The maximum absolute atomic E-state index is 12.9. The Hall–Kier alpha value is -2.67. The fraction of sp³-hybridized carbons (Fsp3) is 0.211. The number of anilines is 1. The number of thioether (sulfide) groups is 1. The van der Waals surface area contributed by atoms with Crippen LogP contribution in [-0.2, 0) is 17.8 Å². The summed E-state index contributed by atoms with van der Waals surface area (Å²) < 4.78 is 12.9. The van der Waals surface area contributed by atoms with Crippen molar-refractivity contribution in [2.45, 2.75) is 13.0 Å². The highest BCUT2D eigenvalue weighted by atomic mass is 32.2. The number of halogens is 1. The van der Waals surface area contributed by atoms with Crippen molar-refractivity contribution in [1.29, 1.82) is 0 Å². The number of nitrogens with zero attached hydrogens (tertiary/aromatic N) is 3. The van der Waals surface area contributed by atoms with Gasteiger partial charge >= 0.3 is 0 Å². The van der Waals surface area contributed by atoms with Crippen molar-refractivity contribution in [3.05, 3.63) is 65.0 Å². The third-order valence-corrected chi connectivity index (χ3v) is 5.36. The van der Waals surface area contributed by atoms with Crippen LogP contribution in [-0.4, -0.2) is 29.6 Å². The average Bonchev–Trinajstić information content (AvgIpc) is 2.95. The zero-order valence-electron chi connectivity index (χ0n) is 14.2. The van der Waals surface area contributed by atoms with Crippen molar-refractivity contribution in [3.8, 4) is 0 Å². The van der Waals surface area contributed by atoms with E-state index in [9.17, 15) is 9.18 Å². The first-order valence-electron chi connectivity index (χ1n) is 8.24. The first-order valence-corrected chi connectivity index (χ1v) is 9.23. The highest BCUT2D eigenvalue weighted by Crippen LogP contribution is 2.29. The average molecular weight is 368 g/mol. The first-order chi connectivity index (χ1) is 12.6. The van der Waals surface area contributed by atoms with Crippen LogP contribution in [0.1, 0.15) is 16.7 Å². The SMILES string of the molecule is CN1C(=O)Cc2ccc(C3=NNC(=NCc4ccc(F)cc4)SC3)cc21. The monoisotopic (exact) mass is 368 g/mol. The van der Waals surface area contributed by atoms with Crippen molar-refractivity contribution in [2.75, 3.05) is 17.7 Å². The standard InChI is InChI=1S/C19H17FN4OS/c1-24-17-8-13(4-5-14(17)9-18(24)25)16-11-26-19(23-22-16)21-10-12-2-6-15(20)7-3-12/h2-8H,9-11H2,1H3,(H,21,23). The molecule has 132 valence electrons. The molecule has 0 saturated carbocycles. The molecule has 0 saturated heterocycles. The van der Waals surface area contributed by atoms with Gasteiger partial charge in [-0.1, -0.05) is 36.0 Å². The van der Waals surface area contributed by atoms with Gasteiger partial charge in [-0.15, -0.1) is 0 Å². The van der Waals surface area contributed by atoms with Crippen LogP contribution in [0.2, 0.25) is 0 Å². The number of rotatable bonds is 3. The molecule has 2 aliphatic heterocycles. The van der Waals surface area contributed by atoms with Gasteiger partial charge in [0.25, 0.3) is 0 Å². The van der Waals surface area contributed by atoms with Gasteiger partial charge in [0, 0.05) is 24.1 Å². The number of hydrogen-bond donors (Lipinski definition) is 1. The van der Waals surface area contributed by atoms with Crippen LogP contribution in [0.3, 0.4) is 0 Å². The molecule has 5 nitrogen and oxygen atoms in total. The summed E-state index contributed by atoms with van der Waals surface area (Å²) in [6.07, 6.45) is 0.464. The molecule has 0 aliphatic carbocycles. The van der Waals surface area contributed by atoms with E-state index in [0.717, 1.165) is 33.3 Å². The number of amides is 1. The number of likely N-dealkylation sites (N-methyl/N-ethyl adjacent to an activating group) is 1. The van der Waals surface area contributed by atoms with Gasteiger partial charge in [-0.05, 0) is 29.3 Å². The van der Waals surface area contributed by atoms with E-state index in [1.807, 2.05) is 18.2 Å². The Morgan fingerprint density at radius 1 is 1.27 bits per heavy atom. The highest BCUT2D eigenvalue weighted by Gasteiger charge is 2.25. The normalized spacial score (nSPS) is 17.9. The maximum atomic E-state index is 12.9. The third-order valence-electron chi connectivity index (χ3n) is 4.45. The number of amidine groups is 1. The predicted molar refractivity (Wildman–Crippen MR) is 103 cm³/mol. The van der Waals surface area contributed by atoms with Gasteiger partial charge < -0.3 is 4.90 Å². The first kappa shape index (κ1) is 16.8. The molecular weight excluding hydrogens is 351 g/mol. The van der Waals surface area contributed by atoms with Gasteiger partial charge in [0.1, 0.15) is 5.82 Å². The largest absolute Gasteiger partial charge is 0.315 e. The van der Waals surface area contributed by atoms with E-state index in [4.69, 9.17) is 0 Å². The zero-order valence-corrected chi connectivity index (χ0v) is 15.0. The summed E-state index contributed by atoms with van der Waals surface area (Å²) in [4.78, 5) is 18.0. The van der Waals surface area contributed by atoms with E-state index in [1.165, 1.54) is 12.1 Å². The lowest BCUT2D eigenvalue weighted by Crippen LogP contribution is -2.25. The second kappa shape index (κ2) is 6.92. The van der Waals surface area contributed by atoms with Gasteiger partial charge in [0.15, 0.2) is 5.17 Å². The summed E-state index contributed by atoms with van der Waals surface area (Å²) in [5.74, 6) is 0.569. The zero-order chi connectivity index (χ0) is 18.1. The summed E-state index contributed by atoms with van der Waals surface area (Å²) in [6.45, 7) is 0.478. The van der Waals surface area contributed by atoms with Gasteiger partial charge in [-0.25, -0.2) is 4.39 Å². The minimum absolute atomic E-state index is 0.116. The van der Waals surface area contributed by atoms with Crippen LogP contribution < -0.4 is 10.3 Å². The number of aliphatic imine (C=N–C) groups is 1. The fourth-order valence-corrected chi connectivity index (χ4v) is 3.69. The maximum Gasteiger partial charge on any atom is 0.231 e. The Balaban J connectivity index is 1.46. The van der Waals surface area contributed by atoms with E-state index >= 15 is 0 Å². The molecule has 0 aromatic heterocycles. The number of carbonyl (C=O) groups is 1. The summed E-state index contributed by atoms with van der Waals surface area (Å²) in [5.41, 5.74) is 7.87. The molecule has 0 unspecified atom stereocenters. The Bertz CT molecular complexity index is 924. The Morgan fingerprint density at radius 2 is 2.08 bits per heavy atom. The van der Waals surface area contributed by atoms with Crippen LogP contribution in [0.15, 0.2) is 52.6 Å². The molecule has 0 spiro atoms. The molecule has 2 heterocycles. The fourth-order valence-electron chi connectivity index (χ4n) is 2.92. The topological polar surface area (TPSA) is 57.1 Å². The smallest absolute Gasteiger partial charge is 0.231 e. The van der Waals surface area contributed by atoms with Crippen molar-refractivity contribution >= 4 is 34.2 Å². The van der Waals surface area contributed by atoms with Crippen LogP contribution in [0.5, 0.6) is 0 Å². The van der Waals surface area contributed by atoms with Crippen LogP contribution in [0, 0.1) is 5.82 Å². The van der Waals surface area contributed by atoms with Crippen molar-refractivity contribution < 1.29 is 9.18 Å². The minimum Gasteiger partial charge on any atom is -0.315 e. The van der Waals surface area contributed by atoms with Crippen LogP contribution in [0.25, 0.3) is 0 Å². The van der Waals surface area contributed by atoms with E-state index in [1.54, 1.807) is 35.8 Å². The van der Waals surface area contributed by atoms with E-state index in [2.05, 4.69) is 15.5 Å². The Labute approximate surface area is 155 Å². The lowest BCUT2D eigenvalue weighted by atomic mass is 10.1. The molecule has 2 aromatic carbocycles. The molecule has 0 bridgehead atoms. The lowest BCUT2D eigenvalue weighted by Gasteiger charge is -2.16. The second-order valence-electron chi connectivity index (χ2n) is 6.18. The highest BCUT2D eigenvalue weighted by molar-refractivity contribution is 8.14. The molecule has 7 heteroatoms. The molecule has 4 rings (SSSR count). The summed E-state index contributed by atoms with van der Waals surface area (Å²) in [6, 6.07) is 12.3. The minimum atomic E-state index is -0.248. The van der Waals surface area contributed by atoms with Gasteiger partial charge in [0.05, 0.1) is 18.7 Å². The molecule has 0 atom stereocenters. The van der Waals surface area contributed by atoms with Crippen molar-refractivity contribution in [2.24, 2.45) is 10.1 Å². The van der Waals surface area contributed by atoms with Crippen LogP contribution >= 0.6 is 11.8 Å². The molecule has 1 amide bonds. The predicted octanol–water partition coefficient (Wildman–Crippen LogP) is 2.94. The number of nitrogens with one attached hydrogen (secondary N) is 1. The molecule has 2 aliphatic rings. The third kappa shape index (κ3) is 3.35. The lowest BCUT2D eigenvalue weighted by molar-refractivity contribution is -0.117. The molecular formula is C19H17FN4OS. The number of benzene rings is 2. The Morgan fingerprint density at radius 3 is 2.81 bits per heavy atom. The molecule has 0 fully saturated rings. The van der Waals surface area contributed by atoms with E-state index in [-0.39, 0.29) is 11.7 Å². The van der Waals surface area contributed by atoms with Crippen LogP contribution in [0.4, 0.5) is 10.1 Å². The summed E-state index contributed by atoms with van der Waals surface area (Å²) in [5, 5.41) is 5.17. The summed E-state index contributed by atoms with van der Waals surface area (Å²) >= 11 is 1.58. The number of hydrogen-bond acceptors (Lipinski definition) is 4. The number of fused-ring (bicyclic) bond motifs is 1.